The summed E-state index contributed by atoms with van der Waals surface area (Å²) < 4.78 is 30.6. The van der Waals surface area contributed by atoms with Gasteiger partial charge < -0.3 is 14.7 Å². The number of aliphatic hydroxyl groups is 1. The number of nitrogens with zero attached hydrogens (tertiary/aromatic N) is 1. The van der Waals surface area contributed by atoms with E-state index in [1.54, 1.807) is 0 Å². The lowest BCUT2D eigenvalue weighted by atomic mass is 10.2. The molecule has 1 aromatic carbocycles. The largest absolute Gasteiger partial charge is 0.389 e. The van der Waals surface area contributed by atoms with E-state index in [-0.39, 0.29) is 18.7 Å². The minimum absolute atomic E-state index is 0.0187. The van der Waals surface area contributed by atoms with Gasteiger partial charge in [-0.1, -0.05) is 0 Å². The van der Waals surface area contributed by atoms with Gasteiger partial charge in [-0.05, 0) is 12.1 Å². The van der Waals surface area contributed by atoms with Gasteiger partial charge >= 0.3 is 0 Å². The molecule has 4 nitrogen and oxygen atoms in total. The van der Waals surface area contributed by atoms with Crippen molar-refractivity contribution in [2.45, 2.75) is 6.10 Å². The molecule has 1 rings (SSSR count). The summed E-state index contributed by atoms with van der Waals surface area (Å²) in [6, 6.07) is 2.59. The molecule has 0 aliphatic carbocycles. The lowest BCUT2D eigenvalue weighted by Crippen LogP contribution is -2.36. The summed E-state index contributed by atoms with van der Waals surface area (Å²) in [4.78, 5) is 13.0. The quantitative estimate of drug-likeness (QED) is 0.859. The van der Waals surface area contributed by atoms with Crippen molar-refractivity contribution in [1.82, 2.24) is 4.90 Å². The molecule has 0 aliphatic rings. The van der Waals surface area contributed by atoms with Crippen LogP contribution < -0.4 is 0 Å². The van der Waals surface area contributed by atoms with Crippen molar-refractivity contribution in [2.75, 3.05) is 27.3 Å². The van der Waals surface area contributed by atoms with Crippen molar-refractivity contribution >= 4 is 5.91 Å². The van der Waals surface area contributed by atoms with Crippen molar-refractivity contribution in [3.8, 4) is 0 Å². The Morgan fingerprint density at radius 1 is 1.39 bits per heavy atom. The fourth-order valence-corrected chi connectivity index (χ4v) is 1.54. The van der Waals surface area contributed by atoms with Crippen molar-refractivity contribution in [1.29, 1.82) is 0 Å². The molecular formula is C12H15F2NO3. The lowest BCUT2D eigenvalue weighted by molar-refractivity contribution is 0.0380. The second-order valence-electron chi connectivity index (χ2n) is 3.95. The number of hydrogen-bond donors (Lipinski definition) is 1. The van der Waals surface area contributed by atoms with E-state index in [0.717, 1.165) is 12.1 Å². The molecule has 0 aliphatic heterocycles. The Morgan fingerprint density at radius 2 is 1.94 bits per heavy atom. The smallest absolute Gasteiger partial charge is 0.253 e. The van der Waals surface area contributed by atoms with Crippen LogP contribution in [0.2, 0.25) is 0 Å². The normalized spacial score (nSPS) is 12.3. The molecule has 6 heteroatoms. The Balaban J connectivity index is 2.74. The van der Waals surface area contributed by atoms with Gasteiger partial charge in [0.05, 0.1) is 12.7 Å². The molecule has 18 heavy (non-hydrogen) atoms. The van der Waals surface area contributed by atoms with Crippen LogP contribution in [0.1, 0.15) is 10.4 Å². The van der Waals surface area contributed by atoms with Crippen LogP contribution in [0.3, 0.4) is 0 Å². The molecule has 100 valence electrons. The molecule has 0 spiro atoms. The Bertz CT molecular complexity index is 406. The van der Waals surface area contributed by atoms with Gasteiger partial charge in [0, 0.05) is 32.3 Å². The first-order valence-electron chi connectivity index (χ1n) is 5.32. The summed E-state index contributed by atoms with van der Waals surface area (Å²) in [6.45, 7) is 0.0972. The minimum atomic E-state index is -0.845. The van der Waals surface area contributed by atoms with E-state index < -0.39 is 23.6 Å². The van der Waals surface area contributed by atoms with Crippen molar-refractivity contribution in [2.24, 2.45) is 0 Å². The van der Waals surface area contributed by atoms with Crippen LogP contribution in [0, 0.1) is 11.6 Å². The van der Waals surface area contributed by atoms with E-state index >= 15 is 0 Å². The molecule has 0 saturated carbocycles. The summed E-state index contributed by atoms with van der Waals surface area (Å²) in [6.07, 6.45) is -0.845. The summed E-state index contributed by atoms with van der Waals surface area (Å²) >= 11 is 0. The molecule has 0 bridgehead atoms. The van der Waals surface area contributed by atoms with Crippen molar-refractivity contribution in [3.63, 3.8) is 0 Å². The van der Waals surface area contributed by atoms with Crippen LogP contribution in [-0.4, -0.2) is 49.3 Å². The molecule has 1 amide bonds. The molecule has 0 aromatic heterocycles. The van der Waals surface area contributed by atoms with Gasteiger partial charge in [0.25, 0.3) is 5.91 Å². The molecule has 0 heterocycles. The Morgan fingerprint density at radius 3 is 2.44 bits per heavy atom. The predicted molar refractivity (Wildman–Crippen MR) is 61.2 cm³/mol. The zero-order valence-electron chi connectivity index (χ0n) is 10.2. The fraction of sp³-hybridized carbons (Fsp3) is 0.417. The van der Waals surface area contributed by atoms with Gasteiger partial charge in [-0.3, -0.25) is 4.79 Å². The highest BCUT2D eigenvalue weighted by Crippen LogP contribution is 2.10. The third-order valence-corrected chi connectivity index (χ3v) is 2.30. The Kier molecular flexibility index (Phi) is 5.18. The predicted octanol–water partition coefficient (Wildman–Crippen LogP) is 1.04. The Hall–Kier alpha value is -1.53. The highest BCUT2D eigenvalue weighted by molar-refractivity contribution is 5.94. The SMILES string of the molecule is COCC(O)CN(C)C(=O)c1cc(F)cc(F)c1. The van der Waals surface area contributed by atoms with E-state index in [0.29, 0.717) is 6.07 Å². The first-order chi connectivity index (χ1) is 8.43. The van der Waals surface area contributed by atoms with Gasteiger partial charge in [-0.2, -0.15) is 0 Å². The summed E-state index contributed by atoms with van der Waals surface area (Å²) in [5.74, 6) is -2.20. The van der Waals surface area contributed by atoms with E-state index in [1.165, 1.54) is 19.1 Å². The van der Waals surface area contributed by atoms with E-state index in [1.807, 2.05) is 0 Å². The number of carbonyl (C=O) groups is 1. The van der Waals surface area contributed by atoms with E-state index in [2.05, 4.69) is 0 Å². The van der Waals surface area contributed by atoms with Crippen LogP contribution in [-0.2, 0) is 4.74 Å². The number of ether oxygens (including phenoxy) is 1. The van der Waals surface area contributed by atoms with Crippen LogP contribution in [0.4, 0.5) is 8.78 Å². The molecule has 1 unspecified atom stereocenters. The first kappa shape index (κ1) is 14.5. The van der Waals surface area contributed by atoms with Crippen molar-refractivity contribution < 1.29 is 23.4 Å². The van der Waals surface area contributed by atoms with Gasteiger partial charge in [-0.25, -0.2) is 8.78 Å². The number of methoxy groups -OCH3 is 1. The number of likely N-dealkylation sites (N-methyl/N-ethyl adjacent to an activating group) is 1. The molecular weight excluding hydrogens is 244 g/mol. The molecule has 0 saturated heterocycles. The molecule has 1 N–H and O–H groups in total. The number of halogens is 2. The topological polar surface area (TPSA) is 49.8 Å². The minimum Gasteiger partial charge on any atom is -0.389 e. The van der Waals surface area contributed by atoms with Crippen molar-refractivity contribution in [3.05, 3.63) is 35.4 Å². The number of aliphatic hydroxyl groups excluding tert-OH is 1. The van der Waals surface area contributed by atoms with Crippen LogP contribution in [0.15, 0.2) is 18.2 Å². The molecule has 1 atom stereocenters. The fourth-order valence-electron chi connectivity index (χ4n) is 1.54. The highest BCUT2D eigenvalue weighted by Gasteiger charge is 2.16. The number of benzene rings is 1. The monoisotopic (exact) mass is 259 g/mol. The molecule has 1 aromatic rings. The van der Waals surface area contributed by atoms with Gasteiger partial charge in [-0.15, -0.1) is 0 Å². The zero-order valence-corrected chi connectivity index (χ0v) is 10.2. The summed E-state index contributed by atoms with van der Waals surface area (Å²) in [5, 5.41) is 9.46. The third-order valence-electron chi connectivity index (χ3n) is 2.30. The van der Waals surface area contributed by atoms with Gasteiger partial charge in [0.2, 0.25) is 0 Å². The van der Waals surface area contributed by atoms with Gasteiger partial charge in [0.15, 0.2) is 0 Å². The lowest BCUT2D eigenvalue weighted by Gasteiger charge is -2.20. The second-order valence-corrected chi connectivity index (χ2v) is 3.95. The maximum absolute atomic E-state index is 13.0. The number of hydrogen-bond acceptors (Lipinski definition) is 3. The summed E-state index contributed by atoms with van der Waals surface area (Å²) in [5.41, 5.74) is -0.0976. The number of amides is 1. The first-order valence-corrected chi connectivity index (χ1v) is 5.32. The zero-order chi connectivity index (χ0) is 13.7. The summed E-state index contributed by atoms with van der Waals surface area (Å²) in [7, 11) is 2.86. The average molecular weight is 259 g/mol. The molecule has 0 radical (unpaired) electrons. The van der Waals surface area contributed by atoms with E-state index in [4.69, 9.17) is 4.74 Å². The maximum atomic E-state index is 13.0. The third kappa shape index (κ3) is 4.05. The standard InChI is InChI=1S/C12H15F2NO3/c1-15(6-11(16)7-18-2)12(17)8-3-9(13)5-10(14)4-8/h3-5,11,16H,6-7H2,1-2H3. The van der Waals surface area contributed by atoms with Crippen LogP contribution >= 0.6 is 0 Å². The second kappa shape index (κ2) is 6.42. The van der Waals surface area contributed by atoms with E-state index in [9.17, 15) is 18.7 Å². The molecule has 0 fully saturated rings. The van der Waals surface area contributed by atoms with Crippen LogP contribution in [0.25, 0.3) is 0 Å². The Labute approximate surface area is 104 Å². The number of rotatable bonds is 5. The average Bonchev–Trinajstić information content (AvgIpc) is 2.26. The maximum Gasteiger partial charge on any atom is 0.253 e. The highest BCUT2D eigenvalue weighted by atomic mass is 19.1. The van der Waals surface area contributed by atoms with Crippen LogP contribution in [0.5, 0.6) is 0 Å². The number of carbonyl (C=O) groups excluding carboxylic acids is 1. The van der Waals surface area contributed by atoms with Gasteiger partial charge in [0.1, 0.15) is 11.6 Å².